The zero-order chi connectivity index (χ0) is 16.5. The molecule has 4 rings (SSSR count). The van der Waals surface area contributed by atoms with Crippen LogP contribution < -0.4 is 10.3 Å². The first-order valence-electron chi connectivity index (χ1n) is 8.14. The Morgan fingerprint density at radius 1 is 1.08 bits per heavy atom. The number of nitrogens with one attached hydrogen (secondary N) is 1. The maximum atomic E-state index is 4.27. The smallest absolute Gasteiger partial charge is 0.151 e. The predicted octanol–water partition coefficient (Wildman–Crippen LogP) is 2.46. The van der Waals surface area contributed by atoms with Gasteiger partial charge < -0.3 is 14.7 Å². The van der Waals surface area contributed by atoms with Gasteiger partial charge >= 0.3 is 0 Å². The molecule has 3 aliphatic heterocycles. The molecule has 3 heterocycles. The molecule has 1 saturated heterocycles. The van der Waals surface area contributed by atoms with E-state index >= 15 is 0 Å². The summed E-state index contributed by atoms with van der Waals surface area (Å²) in [5.41, 5.74) is 5.76. The van der Waals surface area contributed by atoms with Crippen LogP contribution in [-0.4, -0.2) is 59.2 Å². The van der Waals surface area contributed by atoms with Gasteiger partial charge in [0.15, 0.2) is 5.82 Å². The molecule has 7 heteroatoms. The molecule has 1 atom stereocenters. The monoisotopic (exact) mass is 388 g/mol. The Balaban J connectivity index is 1.42. The summed E-state index contributed by atoms with van der Waals surface area (Å²) in [6.07, 6.45) is 7.75. The summed E-state index contributed by atoms with van der Waals surface area (Å²) >= 11 is 3.59. The summed E-state index contributed by atoms with van der Waals surface area (Å²) in [5, 5.41) is 1.98. The number of likely N-dealkylation sites (N-methyl/N-ethyl adjacent to an activating group) is 1. The molecule has 1 unspecified atom stereocenters. The minimum absolute atomic E-state index is 0.0974. The van der Waals surface area contributed by atoms with Crippen LogP contribution in [-0.2, 0) is 0 Å². The van der Waals surface area contributed by atoms with Crippen LogP contribution in [0.1, 0.15) is 0 Å². The third kappa shape index (κ3) is 3.01. The highest BCUT2D eigenvalue weighted by Crippen LogP contribution is 2.28. The van der Waals surface area contributed by atoms with E-state index < -0.39 is 0 Å². The summed E-state index contributed by atoms with van der Waals surface area (Å²) < 4.78 is 0. The van der Waals surface area contributed by atoms with Crippen molar-refractivity contribution >= 4 is 33.5 Å². The molecule has 1 N–H and O–H groups in total. The lowest BCUT2D eigenvalue weighted by atomic mass is 10.2. The van der Waals surface area contributed by atoms with Crippen molar-refractivity contribution in [1.29, 1.82) is 0 Å². The van der Waals surface area contributed by atoms with E-state index in [1.807, 2.05) is 29.8 Å². The average molecular weight is 389 g/mol. The van der Waals surface area contributed by atoms with Gasteiger partial charge in [0.1, 0.15) is 4.95 Å². The van der Waals surface area contributed by atoms with Crippen molar-refractivity contribution in [2.45, 2.75) is 4.95 Å². The number of halogens is 1. The molecule has 0 saturated carbocycles. The van der Waals surface area contributed by atoms with Crippen molar-refractivity contribution in [2.75, 3.05) is 43.6 Å². The number of fused-ring (bicyclic) bond motifs is 1. The van der Waals surface area contributed by atoms with Gasteiger partial charge in [-0.1, -0.05) is 15.9 Å². The number of aliphatic imine (C=N–C) groups is 1. The summed E-state index contributed by atoms with van der Waals surface area (Å²) in [4.78, 5) is 11.3. The highest BCUT2D eigenvalue weighted by molar-refractivity contribution is 9.09. The highest BCUT2D eigenvalue weighted by Gasteiger charge is 2.26. The van der Waals surface area contributed by atoms with Crippen LogP contribution in [0.3, 0.4) is 0 Å². The van der Waals surface area contributed by atoms with E-state index in [-0.39, 0.29) is 4.95 Å². The van der Waals surface area contributed by atoms with Crippen LogP contribution in [0, 0.1) is 0 Å². The molecule has 126 valence electrons. The lowest BCUT2D eigenvalue weighted by Gasteiger charge is -2.34. The molecule has 0 bridgehead atoms. The van der Waals surface area contributed by atoms with E-state index in [9.17, 15) is 0 Å². The average Bonchev–Trinajstić information content (AvgIpc) is 3.01. The number of nitrogens with zero attached hydrogens (tertiary/aromatic N) is 5. The first-order valence-corrected chi connectivity index (χ1v) is 9.06. The largest absolute Gasteiger partial charge is 0.369 e. The van der Waals surface area contributed by atoms with Crippen molar-refractivity contribution in [3.63, 3.8) is 0 Å². The number of alkyl halides is 1. The molecule has 0 aromatic heterocycles. The van der Waals surface area contributed by atoms with Crippen LogP contribution in [0.4, 0.5) is 11.4 Å². The summed E-state index contributed by atoms with van der Waals surface area (Å²) in [5.74, 6) is 1.00. The van der Waals surface area contributed by atoms with E-state index in [0.29, 0.717) is 0 Å². The maximum Gasteiger partial charge on any atom is 0.151 e. The molecule has 0 aliphatic carbocycles. The lowest BCUT2D eigenvalue weighted by molar-refractivity contribution is 0.313. The Hall–Kier alpha value is -1.99. The fourth-order valence-corrected chi connectivity index (χ4v) is 3.53. The van der Waals surface area contributed by atoms with E-state index in [1.165, 1.54) is 5.69 Å². The molecule has 0 radical (unpaired) electrons. The predicted molar refractivity (Wildman–Crippen MR) is 102 cm³/mol. The first kappa shape index (κ1) is 15.5. The third-order valence-corrected chi connectivity index (χ3v) is 5.22. The highest BCUT2D eigenvalue weighted by atomic mass is 79.9. The quantitative estimate of drug-likeness (QED) is 0.635. The zero-order valence-corrected chi connectivity index (χ0v) is 15.2. The van der Waals surface area contributed by atoms with E-state index in [0.717, 1.165) is 37.7 Å². The SMILES string of the molecule is CN1CCN(c2ccc(NN3C=CN4C3=CN=CC4Br)cc2)CC1. The second kappa shape index (κ2) is 6.49. The zero-order valence-electron chi connectivity index (χ0n) is 13.6. The van der Waals surface area contributed by atoms with Gasteiger partial charge in [0.2, 0.25) is 0 Å². The second-order valence-corrected chi connectivity index (χ2v) is 7.12. The standard InChI is InChI=1S/C17H21BrN6/c1-21-6-8-22(9-7-21)15-4-2-14(3-5-15)20-24-11-10-23-16(18)12-19-13-17(23)24/h2-5,10-13,16,20H,6-9H2,1H3. The maximum absolute atomic E-state index is 4.27. The van der Waals surface area contributed by atoms with Gasteiger partial charge in [-0.15, -0.1) is 0 Å². The number of hydrogen-bond donors (Lipinski definition) is 1. The Labute approximate surface area is 150 Å². The molecule has 3 aliphatic rings. The Kier molecular flexibility index (Phi) is 4.20. The minimum Gasteiger partial charge on any atom is -0.369 e. The molecule has 6 nitrogen and oxygen atoms in total. The Morgan fingerprint density at radius 3 is 2.58 bits per heavy atom. The molecule has 1 aromatic rings. The summed E-state index contributed by atoms with van der Waals surface area (Å²) in [6.45, 7) is 4.42. The minimum atomic E-state index is 0.0974. The van der Waals surface area contributed by atoms with Gasteiger partial charge in [0.25, 0.3) is 0 Å². The fraction of sp³-hybridized carbons (Fsp3) is 0.353. The Bertz CT molecular complexity index is 675. The van der Waals surface area contributed by atoms with Crippen LogP contribution in [0.15, 0.2) is 53.7 Å². The normalized spacial score (nSPS) is 23.5. The van der Waals surface area contributed by atoms with Crippen LogP contribution in [0.2, 0.25) is 0 Å². The first-order chi connectivity index (χ1) is 11.7. The molecule has 1 aromatic carbocycles. The van der Waals surface area contributed by atoms with E-state index in [2.05, 4.69) is 72.4 Å². The third-order valence-electron chi connectivity index (χ3n) is 4.54. The summed E-state index contributed by atoms with van der Waals surface area (Å²) in [6, 6.07) is 8.63. The number of rotatable bonds is 3. The van der Waals surface area contributed by atoms with Crippen LogP contribution >= 0.6 is 15.9 Å². The van der Waals surface area contributed by atoms with Gasteiger partial charge in [-0.2, -0.15) is 0 Å². The Morgan fingerprint density at radius 2 is 1.83 bits per heavy atom. The van der Waals surface area contributed by atoms with Crippen LogP contribution in [0.25, 0.3) is 0 Å². The number of benzene rings is 1. The van der Waals surface area contributed by atoms with Gasteiger partial charge in [-0.25, -0.2) is 5.01 Å². The van der Waals surface area contributed by atoms with E-state index in [4.69, 9.17) is 0 Å². The van der Waals surface area contributed by atoms with Gasteiger partial charge in [0, 0.05) is 50.5 Å². The fourth-order valence-electron chi connectivity index (χ4n) is 3.05. The number of hydrogen-bond acceptors (Lipinski definition) is 6. The molecular weight excluding hydrogens is 368 g/mol. The molecular formula is C17H21BrN6. The van der Waals surface area contributed by atoms with E-state index in [1.54, 1.807) is 0 Å². The van der Waals surface area contributed by atoms with Gasteiger partial charge in [-0.05, 0) is 31.3 Å². The lowest BCUT2D eigenvalue weighted by Crippen LogP contribution is -2.44. The van der Waals surface area contributed by atoms with Crippen molar-refractivity contribution in [2.24, 2.45) is 4.99 Å². The van der Waals surface area contributed by atoms with Crippen molar-refractivity contribution < 1.29 is 0 Å². The summed E-state index contributed by atoms with van der Waals surface area (Å²) in [7, 11) is 2.18. The second-order valence-electron chi connectivity index (χ2n) is 6.18. The van der Waals surface area contributed by atoms with Crippen molar-refractivity contribution in [3.05, 3.63) is 48.7 Å². The van der Waals surface area contributed by atoms with Crippen LogP contribution in [0.5, 0.6) is 0 Å². The van der Waals surface area contributed by atoms with Gasteiger partial charge in [0.05, 0.1) is 11.9 Å². The molecule has 1 fully saturated rings. The van der Waals surface area contributed by atoms with Gasteiger partial charge in [-0.3, -0.25) is 10.4 Å². The van der Waals surface area contributed by atoms with Crippen molar-refractivity contribution in [3.8, 4) is 0 Å². The number of anilines is 2. The number of piperazine rings is 1. The molecule has 0 spiro atoms. The van der Waals surface area contributed by atoms with Crippen molar-refractivity contribution in [1.82, 2.24) is 14.8 Å². The molecule has 0 amide bonds. The topological polar surface area (TPSA) is 37.4 Å². The molecule has 24 heavy (non-hydrogen) atoms. The number of hydrazine groups is 1.